The van der Waals surface area contributed by atoms with E-state index in [-0.39, 0.29) is 70.6 Å². The molecule has 16 rings (SSSR count). The molecule has 12 aromatic rings. The number of thiazole rings is 2. The second kappa shape index (κ2) is 32.5. The van der Waals surface area contributed by atoms with Gasteiger partial charge in [-0.2, -0.15) is 33.9 Å². The number of thiocarbonyl (C=S) groups is 2. The van der Waals surface area contributed by atoms with Gasteiger partial charge in [-0.25, -0.2) is 38.3 Å². The summed E-state index contributed by atoms with van der Waals surface area (Å²) in [7, 11) is 0. The van der Waals surface area contributed by atoms with E-state index >= 15 is 0 Å². The number of carboxylic acids is 1. The van der Waals surface area contributed by atoms with Crippen LogP contribution in [0.15, 0.2) is 71.9 Å². The molecule has 0 spiro atoms. The van der Waals surface area contributed by atoms with Crippen molar-refractivity contribution >= 4 is 203 Å². The van der Waals surface area contributed by atoms with E-state index in [0.717, 1.165) is 102 Å². The molecule has 33 heteroatoms. The van der Waals surface area contributed by atoms with E-state index < -0.39 is 24.3 Å². The number of carboxylic acid groups (broad SMARTS) is 1. The molecule has 12 aromatic heterocycles. The molecule has 4 unspecified atom stereocenters. The van der Waals surface area contributed by atoms with Gasteiger partial charge in [0.2, 0.25) is 5.91 Å². The van der Waals surface area contributed by atoms with Crippen molar-refractivity contribution in [2.75, 3.05) is 39.5 Å². The molecule has 2 saturated carbocycles. The number of nitrogens with zero attached hydrogens (tertiary/aromatic N) is 13. The number of carbonyl (C=O) groups is 4. The first-order chi connectivity index (χ1) is 46.0. The fourth-order valence-electron chi connectivity index (χ4n) is 13.2. The van der Waals surface area contributed by atoms with Crippen LogP contribution in [0.5, 0.6) is 0 Å². The number of halogens is 1. The summed E-state index contributed by atoms with van der Waals surface area (Å²) in [6, 6.07) is 13.0. The SMILES string of the molecule is C.C.Cc1cc2ncc(-c3nc4c(s3)c(C(N)=O)nn4CC(=O)N3CCCOC[C@H]3C(=S)CC3CCC(c4cc5sccc5s4)C3)cn2n1.Cc1cc2ncc(-c3nc4c(s3)c(C(N)=O)nn4CC(=O)O)cn2n1.Cl.S.S=C(CC1CCC(c2cc3sccc3s2)C1)[C@@H]1COCCCN1. The van der Waals surface area contributed by atoms with Crippen LogP contribution >= 0.6 is 118 Å². The third-order valence-electron chi connectivity index (χ3n) is 17.7. The Morgan fingerprint density at radius 1 is 0.657 bits per heavy atom. The summed E-state index contributed by atoms with van der Waals surface area (Å²) in [4.78, 5) is 74.0. The minimum Gasteiger partial charge on any atom is -0.480 e. The molecule has 99 heavy (non-hydrogen) atoms. The van der Waals surface area contributed by atoms with Gasteiger partial charge in [-0.1, -0.05) is 39.3 Å². The quantitative estimate of drug-likeness (QED) is 0.0654. The van der Waals surface area contributed by atoms with Gasteiger partial charge >= 0.3 is 5.97 Å². The van der Waals surface area contributed by atoms with Crippen molar-refractivity contribution in [3.63, 3.8) is 0 Å². The molecule has 0 bridgehead atoms. The molecule has 3 amide bonds. The summed E-state index contributed by atoms with van der Waals surface area (Å²) in [5.41, 5.74) is 16.4. The number of aryl methyl sites for hydroxylation is 2. The van der Waals surface area contributed by atoms with Gasteiger partial charge in [0.25, 0.3) is 11.8 Å². The number of fused-ring (bicyclic) bond motifs is 6. The highest BCUT2D eigenvalue weighted by Crippen LogP contribution is 2.47. The zero-order valence-electron chi connectivity index (χ0n) is 52.7. The molecule has 6 N–H and O–H groups in total. The average Bonchev–Trinajstić information content (AvgIpc) is 1.60. The predicted molar refractivity (Wildman–Crippen MR) is 412 cm³/mol. The first kappa shape index (κ1) is 75.0. The summed E-state index contributed by atoms with van der Waals surface area (Å²) in [6.45, 7) is 7.41. The number of nitrogens with one attached hydrogen (secondary N) is 1. The number of amides is 3. The Kier molecular flexibility index (Phi) is 24.7. The van der Waals surface area contributed by atoms with Gasteiger partial charge < -0.3 is 36.3 Å². The second-order valence-electron chi connectivity index (χ2n) is 24.5. The topological polar surface area (TPSA) is 296 Å². The largest absolute Gasteiger partial charge is 0.480 e. The molecule has 0 radical (unpaired) electrons. The number of ether oxygens (including phenoxy) is 2. The number of rotatable bonds is 16. The lowest BCUT2D eigenvalue weighted by Crippen LogP contribution is -2.48. The van der Waals surface area contributed by atoms with Crippen LogP contribution in [0.3, 0.4) is 0 Å². The second-order valence-corrected chi connectivity index (χ2v) is 31.7. The molecule has 2 saturated heterocycles. The van der Waals surface area contributed by atoms with E-state index in [1.165, 1.54) is 81.6 Å². The molecule has 0 aromatic carbocycles. The van der Waals surface area contributed by atoms with Crippen molar-refractivity contribution in [2.45, 2.75) is 130 Å². The molecule has 2 aliphatic heterocycles. The van der Waals surface area contributed by atoms with Crippen molar-refractivity contribution in [1.82, 2.24) is 68.9 Å². The fraction of sp³-hybridized carbons (Fsp3) is 0.424. The van der Waals surface area contributed by atoms with Gasteiger partial charge in [-0.3, -0.25) is 19.2 Å². The highest BCUT2D eigenvalue weighted by molar-refractivity contribution is 7.80. The Morgan fingerprint density at radius 2 is 1.16 bits per heavy atom. The predicted octanol–water partition coefficient (Wildman–Crippen LogP) is 13.3. The van der Waals surface area contributed by atoms with Crippen LogP contribution in [-0.2, 0) is 32.2 Å². The number of hydrogen-bond donors (Lipinski definition) is 4. The van der Waals surface area contributed by atoms with Crippen molar-refractivity contribution in [3.05, 3.63) is 104 Å². The Morgan fingerprint density at radius 3 is 1.68 bits per heavy atom. The molecular formula is C66H77ClN16O7S9. The maximum Gasteiger partial charge on any atom is 0.325 e. The van der Waals surface area contributed by atoms with Gasteiger partial charge in [-0.05, 0) is 143 Å². The highest BCUT2D eigenvalue weighted by Gasteiger charge is 2.35. The number of carbonyl (C=O) groups excluding carboxylic acids is 3. The van der Waals surface area contributed by atoms with Crippen LogP contribution in [0, 0.1) is 25.7 Å². The van der Waals surface area contributed by atoms with Gasteiger partial charge in [0.15, 0.2) is 34.0 Å². The summed E-state index contributed by atoms with van der Waals surface area (Å²) >= 11 is 21.9. The lowest BCUT2D eigenvalue weighted by atomic mass is 9.96. The number of aromatic nitrogens is 12. The number of primary amides is 2. The Hall–Kier alpha value is -6.66. The van der Waals surface area contributed by atoms with Crippen LogP contribution in [0.25, 0.3) is 71.9 Å². The van der Waals surface area contributed by atoms with E-state index in [1.54, 1.807) is 43.8 Å². The van der Waals surface area contributed by atoms with Gasteiger partial charge in [0.1, 0.15) is 32.5 Å². The van der Waals surface area contributed by atoms with E-state index in [0.29, 0.717) is 79.6 Å². The lowest BCUT2D eigenvalue weighted by Gasteiger charge is -2.31. The Bertz CT molecular complexity index is 4840. The maximum atomic E-state index is 14.0. The van der Waals surface area contributed by atoms with Gasteiger partial charge in [0.05, 0.1) is 36.7 Å². The van der Waals surface area contributed by atoms with Crippen molar-refractivity contribution < 1.29 is 33.8 Å². The van der Waals surface area contributed by atoms with Crippen LogP contribution in [0.1, 0.15) is 133 Å². The number of hydrogen-bond acceptors (Lipinski definition) is 23. The first-order valence-corrected chi connectivity index (χ1v) is 37.2. The number of thiophene rings is 4. The molecule has 23 nitrogen and oxygen atoms in total. The van der Waals surface area contributed by atoms with Crippen LogP contribution in [0.2, 0.25) is 0 Å². The molecule has 6 atom stereocenters. The van der Waals surface area contributed by atoms with Crippen molar-refractivity contribution in [3.8, 4) is 21.1 Å². The Labute approximate surface area is 618 Å². The van der Waals surface area contributed by atoms with E-state index in [9.17, 15) is 19.2 Å². The van der Waals surface area contributed by atoms with Crippen LogP contribution < -0.4 is 16.8 Å². The first-order valence-electron chi connectivity index (χ1n) is 31.4. The standard InChI is InChI=1S/C32H32N8O3S4.C18H23NOS3.C14H11N7O3S.2CH4.ClH.H2S/c1-17-9-26-34-13-20(14-39(26)36-17)32-35-31-29(47-32)28(30(33)42)37-40(31)15-27(41)38-6-2-7-43-16-21(38)22(44)11-18-3-4-19(10-18)24-12-25-23(46-24)5-8-45-25;21-15(14-11-20-6-1-5-19-14)9-12-2-3-13(8-12)17-10-18-16(23-17)4-7-22-18;1-6-2-8-16-3-7(4-20(8)18-6)14-17-13-11(25-14)10(12(15)24)19-21(13)5-9(22)23;;;;/h5,8-9,12-14,18-19,21H,2-4,6-7,10-11,15-16H2,1H3,(H2,33,42);4,7,10,12-14,19H,1-3,5-6,8-9,11H2;2-4H,5H2,1H3,(H2,15,24)(H,22,23);2*1H4;1H;1H2/t18?,19?,21-;12?,13?,14-;;;;;/m00...../s1. The molecule has 4 fully saturated rings. The van der Waals surface area contributed by atoms with E-state index in [4.69, 9.17) is 55.5 Å². The minimum atomic E-state index is -1.09. The fourth-order valence-corrected chi connectivity index (χ4v) is 20.6. The highest BCUT2D eigenvalue weighted by atomic mass is 35.5. The zero-order valence-corrected chi connectivity index (χ0v) is 61.0. The normalized spacial score (nSPS) is 19.3. The third-order valence-corrected chi connectivity index (χ3v) is 25.3. The molecule has 14 heterocycles. The number of nitrogens with two attached hydrogens (primary N) is 2. The minimum absolute atomic E-state index is 0. The van der Waals surface area contributed by atoms with E-state index in [2.05, 4.69) is 75.7 Å². The van der Waals surface area contributed by atoms with E-state index in [1.807, 2.05) is 71.1 Å². The summed E-state index contributed by atoms with van der Waals surface area (Å²) in [6.07, 6.45) is 18.1. The zero-order chi connectivity index (χ0) is 65.6. The van der Waals surface area contributed by atoms with Crippen LogP contribution in [0.4, 0.5) is 0 Å². The van der Waals surface area contributed by atoms with Crippen LogP contribution in [-0.4, -0.2) is 154 Å². The molecule has 4 aliphatic rings. The molecule has 524 valence electrons. The maximum absolute atomic E-state index is 14.0. The molecular weight excluding hydrogens is 1450 g/mol. The number of aliphatic carboxylic acids is 1. The average molecular weight is 1530 g/mol. The summed E-state index contributed by atoms with van der Waals surface area (Å²) < 4.78 is 24.2. The Balaban J connectivity index is 0.000000173. The molecule has 2 aliphatic carbocycles. The van der Waals surface area contributed by atoms with Gasteiger partial charge in [0, 0.05) is 106 Å². The lowest BCUT2D eigenvalue weighted by molar-refractivity contribution is -0.138. The summed E-state index contributed by atoms with van der Waals surface area (Å²) in [5, 5.41) is 35.2. The van der Waals surface area contributed by atoms with Gasteiger partial charge in [-0.15, -0.1) is 80.4 Å². The smallest absolute Gasteiger partial charge is 0.325 e. The van der Waals surface area contributed by atoms with Crippen molar-refractivity contribution in [1.29, 1.82) is 0 Å². The summed E-state index contributed by atoms with van der Waals surface area (Å²) in [5.74, 6) is -0.0665. The van der Waals surface area contributed by atoms with Crippen molar-refractivity contribution in [2.24, 2.45) is 23.3 Å². The third kappa shape index (κ3) is 16.5. The monoisotopic (exact) mass is 1530 g/mol.